The summed E-state index contributed by atoms with van der Waals surface area (Å²) in [5, 5.41) is 20.3. The Kier molecular flexibility index (Phi) is 5.20. The highest BCUT2D eigenvalue weighted by atomic mass is 16.2. The molecule has 0 radical (unpaired) electrons. The van der Waals surface area contributed by atoms with Crippen LogP contribution in [0.2, 0.25) is 0 Å². The van der Waals surface area contributed by atoms with Crippen LogP contribution in [0.25, 0.3) is 5.69 Å². The molecule has 8 nitrogen and oxygen atoms in total. The summed E-state index contributed by atoms with van der Waals surface area (Å²) in [6.07, 6.45) is 0. The number of anilines is 2. The number of urea groups is 1. The summed E-state index contributed by atoms with van der Waals surface area (Å²) in [4.78, 5) is 11.9. The third kappa shape index (κ3) is 4.31. The third-order valence-electron chi connectivity index (χ3n) is 3.56. The number of aromatic nitrogens is 4. The molecular weight excluding hydrogens is 318 g/mol. The number of tetrazole rings is 1. The molecule has 2 amide bonds. The highest BCUT2D eigenvalue weighted by Gasteiger charge is 2.07. The van der Waals surface area contributed by atoms with Crippen molar-refractivity contribution in [1.82, 2.24) is 25.5 Å². The molecule has 0 aliphatic rings. The molecule has 1 aromatic heterocycles. The average Bonchev–Trinajstić information content (AvgIpc) is 3.10. The Morgan fingerprint density at radius 3 is 2.60 bits per heavy atom. The lowest BCUT2D eigenvalue weighted by atomic mass is 10.2. The van der Waals surface area contributed by atoms with Crippen LogP contribution in [0, 0.1) is 6.92 Å². The van der Waals surface area contributed by atoms with Gasteiger partial charge in [0, 0.05) is 18.8 Å². The van der Waals surface area contributed by atoms with Crippen LogP contribution in [0.3, 0.4) is 0 Å². The Labute approximate surface area is 145 Å². The fourth-order valence-electron chi connectivity index (χ4n) is 2.27. The Morgan fingerprint density at radius 1 is 1.04 bits per heavy atom. The van der Waals surface area contributed by atoms with E-state index in [1.807, 2.05) is 61.5 Å². The van der Waals surface area contributed by atoms with E-state index in [2.05, 4.69) is 31.5 Å². The van der Waals surface area contributed by atoms with Crippen LogP contribution in [0.4, 0.5) is 16.4 Å². The van der Waals surface area contributed by atoms with Crippen molar-refractivity contribution in [3.8, 4) is 5.69 Å². The second-order valence-electron chi connectivity index (χ2n) is 5.37. The first-order valence-corrected chi connectivity index (χ1v) is 7.92. The number of hydrogen-bond acceptors (Lipinski definition) is 5. The normalized spacial score (nSPS) is 10.3. The van der Waals surface area contributed by atoms with Gasteiger partial charge in [-0.1, -0.05) is 41.5 Å². The monoisotopic (exact) mass is 337 g/mol. The Morgan fingerprint density at radius 2 is 1.80 bits per heavy atom. The van der Waals surface area contributed by atoms with Crippen LogP contribution in [0.1, 0.15) is 5.56 Å². The van der Waals surface area contributed by atoms with Crippen LogP contribution >= 0.6 is 0 Å². The largest absolute Gasteiger partial charge is 0.351 e. The van der Waals surface area contributed by atoms with Crippen LogP contribution in [-0.2, 0) is 0 Å². The Balaban J connectivity index is 1.47. The van der Waals surface area contributed by atoms with Gasteiger partial charge in [-0.2, -0.15) is 4.68 Å². The lowest BCUT2D eigenvalue weighted by Crippen LogP contribution is -2.33. The molecule has 0 aliphatic heterocycles. The van der Waals surface area contributed by atoms with Gasteiger partial charge in [-0.25, -0.2) is 4.79 Å². The van der Waals surface area contributed by atoms with E-state index in [1.54, 1.807) is 4.68 Å². The molecule has 2 aromatic carbocycles. The van der Waals surface area contributed by atoms with Crippen molar-refractivity contribution in [2.24, 2.45) is 0 Å². The topological polar surface area (TPSA) is 96.8 Å². The highest BCUT2D eigenvalue weighted by Crippen LogP contribution is 2.12. The average molecular weight is 337 g/mol. The summed E-state index contributed by atoms with van der Waals surface area (Å²) in [5.74, 6) is 0.521. The quantitative estimate of drug-likeness (QED) is 0.599. The minimum Gasteiger partial charge on any atom is -0.351 e. The molecule has 0 aliphatic carbocycles. The van der Waals surface area contributed by atoms with Gasteiger partial charge < -0.3 is 16.0 Å². The molecule has 0 spiro atoms. The minimum absolute atomic E-state index is 0.251. The van der Waals surface area contributed by atoms with Crippen molar-refractivity contribution in [2.75, 3.05) is 23.7 Å². The van der Waals surface area contributed by atoms with E-state index in [9.17, 15) is 4.79 Å². The van der Waals surface area contributed by atoms with E-state index >= 15 is 0 Å². The first kappa shape index (κ1) is 16.4. The van der Waals surface area contributed by atoms with Crippen LogP contribution in [0.5, 0.6) is 0 Å². The first-order chi connectivity index (χ1) is 12.2. The number of carbonyl (C=O) groups excluding carboxylic acids is 1. The van der Waals surface area contributed by atoms with E-state index < -0.39 is 0 Å². The van der Waals surface area contributed by atoms with Gasteiger partial charge in [0.1, 0.15) is 0 Å². The van der Waals surface area contributed by atoms with Crippen LogP contribution < -0.4 is 16.0 Å². The van der Waals surface area contributed by atoms with Crippen molar-refractivity contribution in [1.29, 1.82) is 0 Å². The summed E-state index contributed by atoms with van der Waals surface area (Å²) in [7, 11) is 0. The molecule has 0 saturated carbocycles. The number of para-hydroxylation sites is 2. The maximum Gasteiger partial charge on any atom is 0.319 e. The van der Waals surface area contributed by atoms with Gasteiger partial charge in [0.15, 0.2) is 0 Å². The van der Waals surface area contributed by atoms with Crippen molar-refractivity contribution in [3.63, 3.8) is 0 Å². The number of carbonyl (C=O) groups is 1. The van der Waals surface area contributed by atoms with E-state index in [0.717, 1.165) is 16.9 Å². The molecule has 1 heterocycles. The highest BCUT2D eigenvalue weighted by molar-refractivity contribution is 5.90. The molecule has 3 aromatic rings. The third-order valence-corrected chi connectivity index (χ3v) is 3.56. The van der Waals surface area contributed by atoms with Crippen molar-refractivity contribution >= 4 is 17.7 Å². The van der Waals surface area contributed by atoms with Gasteiger partial charge in [-0.15, -0.1) is 0 Å². The zero-order valence-electron chi connectivity index (χ0n) is 13.8. The molecule has 0 fully saturated rings. The van der Waals surface area contributed by atoms with Crippen LogP contribution in [-0.4, -0.2) is 39.3 Å². The standard InChI is InChI=1S/C17H19N7O/c1-13-7-5-6-10-15(13)20-17(25)19-12-11-18-16-21-22-23-24(16)14-8-3-2-4-9-14/h2-10H,11-12H2,1H3,(H,18,21,23)(H2,19,20,25). The molecule has 0 bridgehead atoms. The first-order valence-electron chi connectivity index (χ1n) is 7.92. The summed E-state index contributed by atoms with van der Waals surface area (Å²) in [6.45, 7) is 2.87. The molecule has 0 saturated heterocycles. The summed E-state index contributed by atoms with van der Waals surface area (Å²) in [6, 6.07) is 17.0. The zero-order valence-corrected chi connectivity index (χ0v) is 13.8. The minimum atomic E-state index is -0.251. The SMILES string of the molecule is Cc1ccccc1NC(=O)NCCNc1nnnn1-c1ccccc1. The fraction of sp³-hybridized carbons (Fsp3) is 0.176. The predicted molar refractivity (Wildman–Crippen MR) is 95.8 cm³/mol. The van der Waals surface area contributed by atoms with Crippen molar-refractivity contribution in [3.05, 3.63) is 60.2 Å². The number of hydrogen-bond donors (Lipinski definition) is 3. The Bertz CT molecular complexity index is 832. The predicted octanol–water partition coefficient (Wildman–Crippen LogP) is 2.20. The van der Waals surface area contributed by atoms with Gasteiger partial charge in [0.2, 0.25) is 5.95 Å². The second-order valence-corrected chi connectivity index (χ2v) is 5.37. The summed E-state index contributed by atoms with van der Waals surface area (Å²) in [5.41, 5.74) is 2.67. The fourth-order valence-corrected chi connectivity index (χ4v) is 2.27. The molecule has 25 heavy (non-hydrogen) atoms. The summed E-state index contributed by atoms with van der Waals surface area (Å²) < 4.78 is 1.60. The van der Waals surface area contributed by atoms with Crippen LogP contribution in [0.15, 0.2) is 54.6 Å². The zero-order chi connectivity index (χ0) is 17.5. The number of benzene rings is 2. The van der Waals surface area contributed by atoms with E-state index in [-0.39, 0.29) is 6.03 Å². The maximum absolute atomic E-state index is 11.9. The van der Waals surface area contributed by atoms with E-state index in [1.165, 1.54) is 0 Å². The number of rotatable bonds is 6. The lowest BCUT2D eigenvalue weighted by Gasteiger charge is -2.10. The molecule has 128 valence electrons. The van der Waals surface area contributed by atoms with Crippen molar-refractivity contribution < 1.29 is 4.79 Å². The van der Waals surface area contributed by atoms with Gasteiger partial charge in [-0.3, -0.25) is 0 Å². The molecule has 8 heteroatoms. The van der Waals surface area contributed by atoms with E-state index in [4.69, 9.17) is 0 Å². The van der Waals surface area contributed by atoms with Crippen molar-refractivity contribution in [2.45, 2.75) is 6.92 Å². The molecule has 0 unspecified atom stereocenters. The lowest BCUT2D eigenvalue weighted by molar-refractivity contribution is 0.252. The Hall–Kier alpha value is -3.42. The number of amides is 2. The smallest absolute Gasteiger partial charge is 0.319 e. The van der Waals surface area contributed by atoms with E-state index in [0.29, 0.717) is 19.0 Å². The second kappa shape index (κ2) is 7.91. The van der Waals surface area contributed by atoms with Gasteiger partial charge in [-0.05, 0) is 41.1 Å². The summed E-state index contributed by atoms with van der Waals surface area (Å²) >= 11 is 0. The number of nitrogens with one attached hydrogen (secondary N) is 3. The molecule has 3 N–H and O–H groups in total. The number of nitrogens with zero attached hydrogens (tertiary/aromatic N) is 4. The molecular formula is C17H19N7O. The molecule has 3 rings (SSSR count). The van der Waals surface area contributed by atoms with Gasteiger partial charge in [0.05, 0.1) is 5.69 Å². The number of aryl methyl sites for hydroxylation is 1. The maximum atomic E-state index is 11.9. The van der Waals surface area contributed by atoms with Gasteiger partial charge >= 0.3 is 6.03 Å². The molecule has 0 atom stereocenters. The van der Waals surface area contributed by atoms with Gasteiger partial charge in [0.25, 0.3) is 0 Å².